The molecule has 0 fully saturated rings. The largest absolute Gasteiger partial charge is 0.223 e. The van der Waals surface area contributed by atoms with Gasteiger partial charge < -0.3 is 0 Å². The van der Waals surface area contributed by atoms with Crippen LogP contribution in [0.4, 0.5) is 0 Å². The van der Waals surface area contributed by atoms with Crippen LogP contribution in [-0.2, 0) is 22.0 Å². The highest BCUT2D eigenvalue weighted by Crippen LogP contribution is 2.22. The molecular formula is C20H26O2S. The zero-order valence-corrected chi connectivity index (χ0v) is 15.3. The van der Waals surface area contributed by atoms with Crippen molar-refractivity contribution >= 4 is 9.84 Å². The SMILES string of the molecule is Cc1ccc(S(=O)(=O)Cc2ccc(CCC(C)(C)C)cc2)cc1. The van der Waals surface area contributed by atoms with Crippen molar-refractivity contribution in [2.75, 3.05) is 0 Å². The van der Waals surface area contributed by atoms with Gasteiger partial charge in [0.2, 0.25) is 0 Å². The second kappa shape index (κ2) is 6.88. The summed E-state index contributed by atoms with van der Waals surface area (Å²) in [5, 5.41) is 0. The van der Waals surface area contributed by atoms with E-state index in [1.807, 2.05) is 43.3 Å². The number of sulfone groups is 1. The van der Waals surface area contributed by atoms with Crippen LogP contribution in [0.2, 0.25) is 0 Å². The lowest BCUT2D eigenvalue weighted by Gasteiger charge is -2.17. The predicted molar refractivity (Wildman–Crippen MR) is 96.3 cm³/mol. The molecule has 0 aliphatic rings. The summed E-state index contributed by atoms with van der Waals surface area (Å²) in [7, 11) is -3.28. The van der Waals surface area contributed by atoms with Gasteiger partial charge in [-0.05, 0) is 48.4 Å². The predicted octanol–water partition coefficient (Wildman–Crippen LogP) is 4.95. The Bertz CT molecular complexity index is 734. The number of aryl methyl sites for hydroxylation is 2. The average Bonchev–Trinajstić information content (AvgIpc) is 2.46. The van der Waals surface area contributed by atoms with Crippen LogP contribution in [0.25, 0.3) is 0 Å². The van der Waals surface area contributed by atoms with Gasteiger partial charge in [-0.1, -0.05) is 62.7 Å². The Hall–Kier alpha value is -1.61. The van der Waals surface area contributed by atoms with Gasteiger partial charge in [0.15, 0.2) is 9.84 Å². The van der Waals surface area contributed by atoms with Crippen LogP contribution in [0.5, 0.6) is 0 Å². The van der Waals surface area contributed by atoms with Crippen LogP contribution in [0, 0.1) is 12.3 Å². The zero-order valence-electron chi connectivity index (χ0n) is 14.5. The van der Waals surface area contributed by atoms with Crippen LogP contribution < -0.4 is 0 Å². The first-order valence-electron chi connectivity index (χ1n) is 8.03. The van der Waals surface area contributed by atoms with Gasteiger partial charge in [0.05, 0.1) is 10.6 Å². The van der Waals surface area contributed by atoms with Crippen molar-refractivity contribution < 1.29 is 8.42 Å². The molecule has 3 heteroatoms. The van der Waals surface area contributed by atoms with Crippen molar-refractivity contribution in [2.24, 2.45) is 5.41 Å². The topological polar surface area (TPSA) is 34.1 Å². The van der Waals surface area contributed by atoms with Gasteiger partial charge in [-0.3, -0.25) is 0 Å². The van der Waals surface area contributed by atoms with Crippen LogP contribution in [0.15, 0.2) is 53.4 Å². The molecular weight excluding hydrogens is 304 g/mol. The lowest BCUT2D eigenvalue weighted by molar-refractivity contribution is 0.378. The summed E-state index contributed by atoms with van der Waals surface area (Å²) in [6, 6.07) is 15.0. The number of hydrogen-bond donors (Lipinski definition) is 0. The summed E-state index contributed by atoms with van der Waals surface area (Å²) in [6.45, 7) is 8.65. The summed E-state index contributed by atoms with van der Waals surface area (Å²) in [6.07, 6.45) is 2.14. The van der Waals surface area contributed by atoms with Crippen molar-refractivity contribution in [2.45, 2.75) is 51.2 Å². The molecule has 0 spiro atoms. The Morgan fingerprint density at radius 1 is 0.826 bits per heavy atom. The number of hydrogen-bond acceptors (Lipinski definition) is 2. The fourth-order valence-corrected chi connectivity index (χ4v) is 3.72. The van der Waals surface area contributed by atoms with E-state index in [1.54, 1.807) is 12.1 Å². The molecule has 0 aliphatic heterocycles. The molecule has 0 atom stereocenters. The maximum absolute atomic E-state index is 12.5. The molecule has 0 aromatic heterocycles. The highest BCUT2D eigenvalue weighted by Gasteiger charge is 2.15. The van der Waals surface area contributed by atoms with E-state index in [9.17, 15) is 8.42 Å². The highest BCUT2D eigenvalue weighted by molar-refractivity contribution is 7.90. The van der Waals surface area contributed by atoms with E-state index in [2.05, 4.69) is 20.8 Å². The first-order valence-corrected chi connectivity index (χ1v) is 9.68. The normalized spacial score (nSPS) is 12.3. The van der Waals surface area contributed by atoms with Crippen molar-refractivity contribution in [1.29, 1.82) is 0 Å². The smallest absolute Gasteiger partial charge is 0.182 e. The molecule has 0 N–H and O–H groups in total. The Kier molecular flexibility index (Phi) is 5.30. The van der Waals surface area contributed by atoms with E-state index in [-0.39, 0.29) is 5.75 Å². The molecule has 2 aromatic carbocycles. The van der Waals surface area contributed by atoms with Crippen molar-refractivity contribution in [3.63, 3.8) is 0 Å². The summed E-state index contributed by atoms with van der Waals surface area (Å²) in [5.41, 5.74) is 3.47. The maximum atomic E-state index is 12.5. The number of benzene rings is 2. The monoisotopic (exact) mass is 330 g/mol. The minimum absolute atomic E-state index is 0.0512. The Labute approximate surface area is 140 Å². The third kappa shape index (κ3) is 5.51. The van der Waals surface area contributed by atoms with Crippen molar-refractivity contribution in [3.8, 4) is 0 Å². The third-order valence-electron chi connectivity index (χ3n) is 3.92. The molecule has 0 heterocycles. The summed E-state index contributed by atoms with van der Waals surface area (Å²) in [4.78, 5) is 0.389. The minimum atomic E-state index is -3.28. The Morgan fingerprint density at radius 2 is 1.35 bits per heavy atom. The molecule has 0 unspecified atom stereocenters. The molecule has 2 nitrogen and oxygen atoms in total. The lowest BCUT2D eigenvalue weighted by Crippen LogP contribution is -2.07. The molecule has 124 valence electrons. The highest BCUT2D eigenvalue weighted by atomic mass is 32.2. The lowest BCUT2D eigenvalue weighted by atomic mass is 9.88. The first-order chi connectivity index (χ1) is 10.7. The molecule has 0 amide bonds. The minimum Gasteiger partial charge on any atom is -0.223 e. The molecule has 2 aromatic rings. The second-order valence-corrected chi connectivity index (χ2v) is 9.44. The van der Waals surface area contributed by atoms with Crippen LogP contribution >= 0.6 is 0 Å². The maximum Gasteiger partial charge on any atom is 0.182 e. The van der Waals surface area contributed by atoms with Gasteiger partial charge in [-0.2, -0.15) is 0 Å². The molecule has 23 heavy (non-hydrogen) atoms. The van der Waals surface area contributed by atoms with E-state index >= 15 is 0 Å². The molecule has 0 radical (unpaired) electrons. The Morgan fingerprint density at radius 3 is 1.87 bits per heavy atom. The van der Waals surface area contributed by atoms with E-state index in [0.717, 1.165) is 24.0 Å². The number of rotatable bonds is 5. The third-order valence-corrected chi connectivity index (χ3v) is 5.63. The molecule has 2 rings (SSSR count). The van der Waals surface area contributed by atoms with Gasteiger partial charge in [0.1, 0.15) is 0 Å². The standard InChI is InChI=1S/C20H26O2S/c1-16-5-11-19(12-6-16)23(21,22)15-18-9-7-17(8-10-18)13-14-20(2,3)4/h5-12H,13-15H2,1-4H3. The van der Waals surface area contributed by atoms with Gasteiger partial charge in [-0.25, -0.2) is 8.42 Å². The van der Waals surface area contributed by atoms with Gasteiger partial charge in [0.25, 0.3) is 0 Å². The van der Waals surface area contributed by atoms with Crippen molar-refractivity contribution in [1.82, 2.24) is 0 Å². The summed E-state index contributed by atoms with van der Waals surface area (Å²) >= 11 is 0. The molecule has 0 bridgehead atoms. The second-order valence-electron chi connectivity index (χ2n) is 7.45. The van der Waals surface area contributed by atoms with Crippen LogP contribution in [-0.4, -0.2) is 8.42 Å². The fraction of sp³-hybridized carbons (Fsp3) is 0.400. The van der Waals surface area contributed by atoms with Gasteiger partial charge in [0, 0.05) is 0 Å². The first kappa shape index (κ1) is 17.7. The van der Waals surface area contributed by atoms with E-state index in [1.165, 1.54) is 5.56 Å². The van der Waals surface area contributed by atoms with Gasteiger partial charge in [-0.15, -0.1) is 0 Å². The summed E-state index contributed by atoms with van der Waals surface area (Å²) < 4.78 is 24.9. The molecule has 0 saturated heterocycles. The quantitative estimate of drug-likeness (QED) is 0.777. The van der Waals surface area contributed by atoms with Crippen LogP contribution in [0.1, 0.15) is 43.9 Å². The van der Waals surface area contributed by atoms with Gasteiger partial charge >= 0.3 is 0 Å². The molecule has 0 saturated carbocycles. The average molecular weight is 330 g/mol. The summed E-state index contributed by atoms with van der Waals surface area (Å²) in [5.74, 6) is 0.0512. The van der Waals surface area contributed by atoms with E-state index < -0.39 is 9.84 Å². The molecule has 0 aliphatic carbocycles. The zero-order chi connectivity index (χ0) is 17.1. The van der Waals surface area contributed by atoms with E-state index in [4.69, 9.17) is 0 Å². The fourth-order valence-electron chi connectivity index (χ4n) is 2.37. The Balaban J connectivity index is 2.07. The van der Waals surface area contributed by atoms with Crippen LogP contribution in [0.3, 0.4) is 0 Å². The van der Waals surface area contributed by atoms with Crippen molar-refractivity contribution in [3.05, 3.63) is 65.2 Å². The van der Waals surface area contributed by atoms with E-state index in [0.29, 0.717) is 10.3 Å².